The predicted molar refractivity (Wildman–Crippen MR) is 82.0 cm³/mol. The number of hydrogen-bond acceptors (Lipinski definition) is 1. The third kappa shape index (κ3) is 2.57. The van der Waals surface area contributed by atoms with E-state index in [1.54, 1.807) is 12.1 Å². The van der Waals surface area contributed by atoms with Crippen LogP contribution in [0.2, 0.25) is 0 Å². The van der Waals surface area contributed by atoms with Crippen LogP contribution in [0.15, 0.2) is 27.7 Å². The molecule has 1 amide bonds. The van der Waals surface area contributed by atoms with E-state index in [9.17, 15) is 9.18 Å². The Balaban J connectivity index is 1.96. The molecule has 4 N–H and O–H groups in total. The Bertz CT molecular complexity index is 615. The zero-order valence-electron chi connectivity index (χ0n) is 11.4. The number of amides is 1. The van der Waals surface area contributed by atoms with E-state index < -0.39 is 0 Å². The number of hydrogen-bond donors (Lipinski definition) is 2. The number of fused-ring (bicyclic) bond motifs is 2. The van der Waals surface area contributed by atoms with E-state index in [4.69, 9.17) is 11.5 Å². The van der Waals surface area contributed by atoms with Crippen LogP contribution in [0.25, 0.3) is 0 Å². The molecule has 21 heavy (non-hydrogen) atoms. The number of benzene rings is 1. The summed E-state index contributed by atoms with van der Waals surface area (Å²) in [5, 5.41) is 0. The molecule has 0 aromatic heterocycles. The Kier molecular flexibility index (Phi) is 3.73. The van der Waals surface area contributed by atoms with Crippen LogP contribution < -0.4 is 11.5 Å². The summed E-state index contributed by atoms with van der Waals surface area (Å²) in [5.41, 5.74) is 11.7. The van der Waals surface area contributed by atoms with Crippen LogP contribution >= 0.6 is 15.9 Å². The van der Waals surface area contributed by atoms with Crippen LogP contribution in [0.1, 0.15) is 30.7 Å². The van der Waals surface area contributed by atoms with Gasteiger partial charge >= 0.3 is 0 Å². The fraction of sp³-hybridized carbons (Fsp3) is 0.467. The molecule has 2 aliphatic rings. The largest absolute Gasteiger partial charge is 0.370 e. The van der Waals surface area contributed by atoms with Gasteiger partial charge in [-0.2, -0.15) is 4.99 Å². The zero-order chi connectivity index (χ0) is 15.1. The van der Waals surface area contributed by atoms with Gasteiger partial charge in [0.15, 0.2) is 5.96 Å². The zero-order valence-corrected chi connectivity index (χ0v) is 13.0. The van der Waals surface area contributed by atoms with E-state index in [1.165, 1.54) is 6.07 Å². The minimum atomic E-state index is -0.297. The number of carbonyl (C=O) groups excluding carboxylic acids is 1. The minimum Gasteiger partial charge on any atom is -0.370 e. The molecule has 6 heteroatoms. The maximum Gasteiger partial charge on any atom is 0.252 e. The van der Waals surface area contributed by atoms with E-state index in [-0.39, 0.29) is 29.5 Å². The molecule has 4 unspecified atom stereocenters. The van der Waals surface area contributed by atoms with Gasteiger partial charge in [-0.15, -0.1) is 0 Å². The second kappa shape index (κ2) is 5.40. The molecule has 1 aromatic rings. The Morgan fingerprint density at radius 1 is 1.29 bits per heavy atom. The average molecular weight is 354 g/mol. The Morgan fingerprint density at radius 2 is 2.00 bits per heavy atom. The van der Waals surface area contributed by atoms with Crippen LogP contribution in [-0.4, -0.2) is 11.9 Å². The molecule has 0 heterocycles. The summed E-state index contributed by atoms with van der Waals surface area (Å²) in [6.45, 7) is 0. The summed E-state index contributed by atoms with van der Waals surface area (Å²) < 4.78 is 13.9. The molecule has 4 atom stereocenters. The first-order valence-corrected chi connectivity index (χ1v) is 7.85. The topological polar surface area (TPSA) is 81.5 Å². The van der Waals surface area contributed by atoms with Crippen molar-refractivity contribution < 1.29 is 9.18 Å². The quantitative estimate of drug-likeness (QED) is 0.633. The molecule has 2 aliphatic carbocycles. The van der Waals surface area contributed by atoms with Crippen molar-refractivity contribution in [2.24, 2.45) is 34.2 Å². The minimum absolute atomic E-state index is 0.0799. The molecule has 1 aromatic carbocycles. The van der Waals surface area contributed by atoms with Gasteiger partial charge in [-0.25, -0.2) is 4.39 Å². The Hall–Kier alpha value is -1.43. The highest BCUT2D eigenvalue weighted by molar-refractivity contribution is 9.10. The number of rotatable bonds is 2. The van der Waals surface area contributed by atoms with E-state index in [1.807, 2.05) is 0 Å². The fourth-order valence-corrected chi connectivity index (χ4v) is 4.44. The third-order valence-electron chi connectivity index (χ3n) is 4.77. The summed E-state index contributed by atoms with van der Waals surface area (Å²) in [7, 11) is 0. The monoisotopic (exact) mass is 353 g/mol. The van der Waals surface area contributed by atoms with Crippen LogP contribution in [0.4, 0.5) is 4.39 Å². The molecule has 0 aliphatic heterocycles. The van der Waals surface area contributed by atoms with Gasteiger partial charge in [0, 0.05) is 0 Å². The maximum absolute atomic E-state index is 13.4. The number of nitrogens with two attached hydrogens (primary N) is 2. The van der Waals surface area contributed by atoms with Gasteiger partial charge < -0.3 is 11.5 Å². The summed E-state index contributed by atoms with van der Waals surface area (Å²) >= 11 is 3.22. The van der Waals surface area contributed by atoms with Crippen molar-refractivity contribution in [2.45, 2.75) is 25.2 Å². The number of aliphatic imine (C=N–C) groups is 1. The fourth-order valence-electron chi connectivity index (χ4n) is 4.05. The molecule has 0 saturated heterocycles. The first-order valence-electron chi connectivity index (χ1n) is 7.06. The van der Waals surface area contributed by atoms with Crippen LogP contribution in [-0.2, 0) is 4.79 Å². The third-order valence-corrected chi connectivity index (χ3v) is 5.38. The molecule has 4 nitrogen and oxygen atoms in total. The highest BCUT2D eigenvalue weighted by Gasteiger charge is 2.51. The van der Waals surface area contributed by atoms with Crippen molar-refractivity contribution in [3.63, 3.8) is 0 Å². The molecular formula is C15H17BrFN3O. The standard InChI is InChI=1S/C15H17BrFN3O/c16-10-6-9(3-4-11(10)17)12-7-1-2-8(5-7)13(12)14(21)20-15(18)19/h3-4,6-8,12-13H,1-2,5H2,(H4,18,19,20,21). The predicted octanol–water partition coefficient (Wildman–Crippen LogP) is 2.52. The molecule has 3 rings (SSSR count). The van der Waals surface area contributed by atoms with Gasteiger partial charge in [0.25, 0.3) is 5.91 Å². The van der Waals surface area contributed by atoms with Crippen LogP contribution in [0.3, 0.4) is 0 Å². The molecule has 2 fully saturated rings. The number of guanidine groups is 1. The molecule has 2 bridgehead atoms. The lowest BCUT2D eigenvalue weighted by Crippen LogP contribution is -2.31. The summed E-state index contributed by atoms with van der Waals surface area (Å²) in [6.07, 6.45) is 3.17. The van der Waals surface area contributed by atoms with Gasteiger partial charge in [0.2, 0.25) is 0 Å². The second-order valence-corrected chi connectivity index (χ2v) is 6.79. The first-order chi connectivity index (χ1) is 9.97. The molecule has 0 spiro atoms. The highest BCUT2D eigenvalue weighted by atomic mass is 79.9. The van der Waals surface area contributed by atoms with Crippen molar-refractivity contribution in [1.29, 1.82) is 0 Å². The summed E-state index contributed by atoms with van der Waals surface area (Å²) in [4.78, 5) is 16.1. The highest BCUT2D eigenvalue weighted by Crippen LogP contribution is 2.57. The van der Waals surface area contributed by atoms with E-state index >= 15 is 0 Å². The SMILES string of the molecule is NC(N)=NC(=O)C1C2CCC(C2)C1c1ccc(F)c(Br)c1. The molecule has 112 valence electrons. The summed E-state index contributed by atoms with van der Waals surface area (Å²) in [6, 6.07) is 4.98. The lowest BCUT2D eigenvalue weighted by Gasteiger charge is -2.29. The van der Waals surface area contributed by atoms with Crippen molar-refractivity contribution in [1.82, 2.24) is 0 Å². The van der Waals surface area contributed by atoms with Gasteiger partial charge in [-0.05, 0) is 70.6 Å². The van der Waals surface area contributed by atoms with Gasteiger partial charge in [-0.1, -0.05) is 6.07 Å². The van der Waals surface area contributed by atoms with Gasteiger partial charge in [-0.3, -0.25) is 4.79 Å². The van der Waals surface area contributed by atoms with Crippen molar-refractivity contribution in [2.75, 3.05) is 0 Å². The van der Waals surface area contributed by atoms with Crippen molar-refractivity contribution >= 4 is 27.8 Å². The first kappa shape index (κ1) is 14.5. The maximum atomic E-state index is 13.4. The molecular weight excluding hydrogens is 337 g/mol. The number of nitrogens with zero attached hydrogens (tertiary/aromatic N) is 1. The Morgan fingerprint density at radius 3 is 2.67 bits per heavy atom. The smallest absolute Gasteiger partial charge is 0.252 e. The number of halogens is 2. The number of carbonyl (C=O) groups is 1. The normalized spacial score (nSPS) is 30.4. The van der Waals surface area contributed by atoms with Crippen molar-refractivity contribution in [3.8, 4) is 0 Å². The van der Waals surface area contributed by atoms with E-state index in [0.717, 1.165) is 24.8 Å². The van der Waals surface area contributed by atoms with Gasteiger partial charge in [0.1, 0.15) is 5.82 Å². The lowest BCUT2D eigenvalue weighted by molar-refractivity contribution is -0.123. The van der Waals surface area contributed by atoms with Gasteiger partial charge in [0.05, 0.1) is 10.4 Å². The summed E-state index contributed by atoms with van der Waals surface area (Å²) in [5.74, 6) is -0.0575. The second-order valence-electron chi connectivity index (χ2n) is 5.93. The van der Waals surface area contributed by atoms with Crippen LogP contribution in [0, 0.1) is 23.6 Å². The Labute approximate surface area is 130 Å². The van der Waals surface area contributed by atoms with Crippen LogP contribution in [0.5, 0.6) is 0 Å². The molecule has 0 radical (unpaired) electrons. The van der Waals surface area contributed by atoms with E-state index in [0.29, 0.717) is 16.3 Å². The van der Waals surface area contributed by atoms with Crippen molar-refractivity contribution in [3.05, 3.63) is 34.1 Å². The lowest BCUT2D eigenvalue weighted by atomic mass is 9.75. The van der Waals surface area contributed by atoms with E-state index in [2.05, 4.69) is 20.9 Å². The average Bonchev–Trinajstić information content (AvgIpc) is 3.01. The molecule has 2 saturated carbocycles.